The molecule has 1 aromatic carbocycles. The normalized spacial score (nSPS) is 19.0. The highest BCUT2D eigenvalue weighted by Gasteiger charge is 2.35. The van der Waals surface area contributed by atoms with E-state index in [2.05, 4.69) is 16.5 Å². The van der Waals surface area contributed by atoms with Crippen LogP contribution in [0.1, 0.15) is 24.3 Å². The Kier molecular flexibility index (Phi) is 1.64. The van der Waals surface area contributed by atoms with Crippen molar-refractivity contribution in [3.05, 3.63) is 23.8 Å². The number of rotatable bonds is 0. The first-order valence-electron chi connectivity index (χ1n) is 6.32. The summed E-state index contributed by atoms with van der Waals surface area (Å²) >= 11 is 0. The molecular weight excluding hydrogens is 212 g/mol. The molecule has 0 saturated carbocycles. The second-order valence-electron chi connectivity index (χ2n) is 5.26. The van der Waals surface area contributed by atoms with E-state index in [0.717, 1.165) is 0 Å². The van der Waals surface area contributed by atoms with E-state index in [1.165, 1.54) is 48.2 Å². The Morgan fingerprint density at radius 3 is 2.76 bits per heavy atom. The Hall–Kier alpha value is -1.64. The average molecular weight is 228 g/mol. The zero-order valence-corrected chi connectivity index (χ0v) is 9.98. The third-order valence-electron chi connectivity index (χ3n) is 4.39. The number of piperidine rings is 1. The van der Waals surface area contributed by atoms with E-state index in [9.17, 15) is 5.11 Å². The van der Waals surface area contributed by atoms with Crippen LogP contribution < -0.4 is 4.90 Å². The zero-order chi connectivity index (χ0) is 11.6. The Labute approximate surface area is 100 Å². The molecule has 3 heteroatoms. The SMILES string of the molecule is Cn1c2c(c3cc(O)ccc31)C1CCN2CC1. The fraction of sp³-hybridized carbons (Fsp3) is 0.429. The van der Waals surface area contributed by atoms with Crippen molar-refractivity contribution in [3.8, 4) is 5.75 Å². The van der Waals surface area contributed by atoms with Crippen LogP contribution in [-0.4, -0.2) is 22.8 Å². The van der Waals surface area contributed by atoms with Gasteiger partial charge in [0.25, 0.3) is 0 Å². The standard InChI is InChI=1S/C14H16N2O/c1-15-12-3-2-10(17)8-11(12)13-9-4-6-16(7-5-9)14(13)15/h2-3,8-9,17H,4-7H2,1H3. The van der Waals surface area contributed by atoms with Gasteiger partial charge in [0.15, 0.2) is 0 Å². The number of aromatic hydroxyl groups is 1. The number of anilines is 1. The summed E-state index contributed by atoms with van der Waals surface area (Å²) in [6.45, 7) is 2.38. The van der Waals surface area contributed by atoms with Gasteiger partial charge in [-0.15, -0.1) is 0 Å². The maximum Gasteiger partial charge on any atom is 0.116 e. The van der Waals surface area contributed by atoms with Gasteiger partial charge < -0.3 is 14.6 Å². The molecule has 17 heavy (non-hydrogen) atoms. The molecule has 1 N–H and O–H groups in total. The van der Waals surface area contributed by atoms with Crippen LogP contribution in [0.15, 0.2) is 18.2 Å². The first-order valence-corrected chi connectivity index (χ1v) is 6.32. The molecule has 0 unspecified atom stereocenters. The van der Waals surface area contributed by atoms with Crippen LogP contribution in [0.25, 0.3) is 10.9 Å². The van der Waals surface area contributed by atoms with Crippen molar-refractivity contribution in [1.29, 1.82) is 0 Å². The summed E-state index contributed by atoms with van der Waals surface area (Å²) in [5.41, 5.74) is 2.71. The number of hydrogen-bond donors (Lipinski definition) is 1. The average Bonchev–Trinajstić information content (AvgIpc) is 2.67. The molecule has 0 spiro atoms. The molecule has 0 radical (unpaired) electrons. The van der Waals surface area contributed by atoms with Crippen LogP contribution in [0.4, 0.5) is 5.82 Å². The minimum absolute atomic E-state index is 0.377. The van der Waals surface area contributed by atoms with Gasteiger partial charge in [0.05, 0.1) is 0 Å². The first-order chi connectivity index (χ1) is 8.25. The molecule has 2 bridgehead atoms. The molecule has 3 nitrogen and oxygen atoms in total. The van der Waals surface area contributed by atoms with Crippen molar-refractivity contribution in [2.45, 2.75) is 18.8 Å². The Morgan fingerprint density at radius 2 is 2.00 bits per heavy atom. The molecule has 4 heterocycles. The lowest BCUT2D eigenvalue weighted by atomic mass is 9.84. The molecule has 0 atom stereocenters. The number of hydrogen-bond acceptors (Lipinski definition) is 2. The topological polar surface area (TPSA) is 28.4 Å². The van der Waals surface area contributed by atoms with Gasteiger partial charge >= 0.3 is 0 Å². The van der Waals surface area contributed by atoms with Gasteiger partial charge in [0, 0.05) is 36.6 Å². The predicted molar refractivity (Wildman–Crippen MR) is 68.8 cm³/mol. The molecule has 3 aliphatic heterocycles. The van der Waals surface area contributed by atoms with Crippen molar-refractivity contribution in [2.24, 2.45) is 7.05 Å². The molecule has 88 valence electrons. The lowest BCUT2D eigenvalue weighted by Crippen LogP contribution is -2.39. The minimum Gasteiger partial charge on any atom is -0.508 e. The highest BCUT2D eigenvalue weighted by atomic mass is 16.3. The van der Waals surface area contributed by atoms with Crippen LogP contribution in [-0.2, 0) is 7.05 Å². The van der Waals surface area contributed by atoms with Gasteiger partial charge in [0.2, 0.25) is 0 Å². The maximum absolute atomic E-state index is 9.69. The van der Waals surface area contributed by atoms with Gasteiger partial charge in [-0.05, 0) is 37.0 Å². The molecule has 0 amide bonds. The summed E-state index contributed by atoms with van der Waals surface area (Å²) in [4.78, 5) is 2.49. The number of fused-ring (bicyclic) bond motifs is 3. The van der Waals surface area contributed by atoms with Crippen LogP contribution in [0.5, 0.6) is 5.75 Å². The minimum atomic E-state index is 0.377. The van der Waals surface area contributed by atoms with E-state index in [1.54, 1.807) is 6.07 Å². The van der Waals surface area contributed by atoms with Crippen molar-refractivity contribution >= 4 is 16.7 Å². The third-order valence-corrected chi connectivity index (χ3v) is 4.39. The van der Waals surface area contributed by atoms with E-state index in [1.807, 2.05) is 12.1 Å². The van der Waals surface area contributed by atoms with E-state index in [4.69, 9.17) is 0 Å². The second kappa shape index (κ2) is 2.97. The largest absolute Gasteiger partial charge is 0.508 e. The van der Waals surface area contributed by atoms with Crippen molar-refractivity contribution in [2.75, 3.05) is 18.0 Å². The van der Waals surface area contributed by atoms with Crippen molar-refractivity contribution in [1.82, 2.24) is 4.57 Å². The summed E-state index contributed by atoms with van der Waals surface area (Å²) in [5, 5.41) is 10.9. The summed E-state index contributed by atoms with van der Waals surface area (Å²) in [6.07, 6.45) is 2.53. The maximum atomic E-state index is 9.69. The molecule has 1 fully saturated rings. The molecule has 1 saturated heterocycles. The third kappa shape index (κ3) is 1.07. The van der Waals surface area contributed by atoms with E-state index in [-0.39, 0.29) is 0 Å². The summed E-state index contributed by atoms with van der Waals surface area (Å²) in [7, 11) is 2.14. The Bertz CT molecular complexity index is 606. The number of benzene rings is 1. The smallest absolute Gasteiger partial charge is 0.116 e. The zero-order valence-electron chi connectivity index (χ0n) is 9.98. The van der Waals surface area contributed by atoms with Crippen molar-refractivity contribution in [3.63, 3.8) is 0 Å². The Morgan fingerprint density at radius 1 is 1.24 bits per heavy atom. The molecule has 1 aromatic heterocycles. The van der Waals surface area contributed by atoms with Gasteiger partial charge in [-0.1, -0.05) is 0 Å². The molecule has 5 rings (SSSR count). The summed E-state index contributed by atoms with van der Waals surface area (Å²) in [5.74, 6) is 2.45. The van der Waals surface area contributed by atoms with Crippen LogP contribution in [0.2, 0.25) is 0 Å². The van der Waals surface area contributed by atoms with Gasteiger partial charge in [-0.3, -0.25) is 0 Å². The van der Waals surface area contributed by atoms with E-state index in [0.29, 0.717) is 11.7 Å². The summed E-state index contributed by atoms with van der Waals surface area (Å²) < 4.78 is 2.29. The molecule has 0 aliphatic carbocycles. The number of phenolic OH excluding ortho intramolecular Hbond substituents is 1. The highest BCUT2D eigenvalue weighted by molar-refractivity contribution is 5.92. The lowest BCUT2D eigenvalue weighted by molar-refractivity contribution is 0.468. The number of aryl methyl sites for hydroxylation is 1. The number of phenols is 1. The van der Waals surface area contributed by atoms with Crippen molar-refractivity contribution < 1.29 is 5.11 Å². The molecule has 2 aromatic rings. The van der Waals surface area contributed by atoms with Gasteiger partial charge in [-0.25, -0.2) is 0 Å². The van der Waals surface area contributed by atoms with Crippen LogP contribution in [0, 0.1) is 0 Å². The number of aromatic nitrogens is 1. The highest BCUT2D eigenvalue weighted by Crippen LogP contribution is 2.47. The van der Waals surface area contributed by atoms with E-state index >= 15 is 0 Å². The molecule has 3 aliphatic rings. The first kappa shape index (κ1) is 9.40. The lowest BCUT2D eigenvalue weighted by Gasteiger charge is -2.41. The quantitative estimate of drug-likeness (QED) is 0.750. The Balaban J connectivity index is 2.13. The molecular formula is C14H16N2O. The second-order valence-corrected chi connectivity index (χ2v) is 5.26. The van der Waals surface area contributed by atoms with Crippen LogP contribution >= 0.6 is 0 Å². The number of nitrogens with zero attached hydrogens (tertiary/aromatic N) is 2. The predicted octanol–water partition coefficient (Wildman–Crippen LogP) is 2.58. The fourth-order valence-corrected chi connectivity index (χ4v) is 3.61. The van der Waals surface area contributed by atoms with E-state index < -0.39 is 0 Å². The fourth-order valence-electron chi connectivity index (χ4n) is 3.61. The monoisotopic (exact) mass is 228 g/mol. The summed E-state index contributed by atoms with van der Waals surface area (Å²) in [6, 6.07) is 5.74. The van der Waals surface area contributed by atoms with Gasteiger partial charge in [0.1, 0.15) is 11.6 Å². The van der Waals surface area contributed by atoms with Crippen LogP contribution in [0.3, 0.4) is 0 Å². The van der Waals surface area contributed by atoms with Gasteiger partial charge in [-0.2, -0.15) is 0 Å².